The Hall–Kier alpha value is -4.45. The molecule has 0 unspecified atom stereocenters. The summed E-state index contributed by atoms with van der Waals surface area (Å²) in [7, 11) is 1.53. The van der Waals surface area contributed by atoms with Gasteiger partial charge in [0.05, 0.1) is 41.5 Å². The number of benzene rings is 2. The van der Waals surface area contributed by atoms with Crippen LogP contribution >= 0.6 is 0 Å². The zero-order chi connectivity index (χ0) is 23.2. The van der Waals surface area contributed by atoms with E-state index in [1.807, 2.05) is 24.4 Å². The topological polar surface area (TPSA) is 95.1 Å². The van der Waals surface area contributed by atoms with Crippen molar-refractivity contribution < 1.29 is 9.13 Å². The molecule has 9 heteroatoms. The van der Waals surface area contributed by atoms with Crippen LogP contribution in [0.1, 0.15) is 30.0 Å². The fraction of sp³-hybridized carbons (Fsp3) is 0.200. The second kappa shape index (κ2) is 7.85. The van der Waals surface area contributed by atoms with Gasteiger partial charge in [0, 0.05) is 24.4 Å². The summed E-state index contributed by atoms with van der Waals surface area (Å²) in [5.41, 5.74) is 3.89. The summed E-state index contributed by atoms with van der Waals surface area (Å²) in [5, 5.41) is 13.8. The molecule has 6 rings (SSSR count). The number of rotatable bonds is 4. The first kappa shape index (κ1) is 20.2. The average Bonchev–Trinajstić information content (AvgIpc) is 3.60. The van der Waals surface area contributed by atoms with E-state index in [9.17, 15) is 9.65 Å². The predicted octanol–water partition coefficient (Wildman–Crippen LogP) is 4.63. The molecule has 0 aliphatic carbocycles. The Morgan fingerprint density at radius 2 is 2.09 bits per heavy atom. The molecule has 1 atom stereocenters. The molecule has 1 aliphatic heterocycles. The lowest BCUT2D eigenvalue weighted by molar-refractivity contribution is 0.414. The fourth-order valence-corrected chi connectivity index (χ4v) is 4.72. The van der Waals surface area contributed by atoms with Gasteiger partial charge in [0.2, 0.25) is 0 Å². The Bertz CT molecular complexity index is 1580. The van der Waals surface area contributed by atoms with Gasteiger partial charge in [0.15, 0.2) is 5.65 Å². The van der Waals surface area contributed by atoms with Crippen LogP contribution in [-0.4, -0.2) is 38.2 Å². The average molecular weight is 453 g/mol. The molecule has 0 saturated carbocycles. The zero-order valence-electron chi connectivity index (χ0n) is 18.4. The van der Waals surface area contributed by atoms with Gasteiger partial charge in [-0.05, 0) is 31.0 Å². The monoisotopic (exact) mass is 453 g/mol. The summed E-state index contributed by atoms with van der Waals surface area (Å²) in [6, 6.07) is 14.4. The van der Waals surface area contributed by atoms with Crippen LogP contribution < -0.4 is 9.64 Å². The van der Waals surface area contributed by atoms with Gasteiger partial charge in [-0.1, -0.05) is 18.2 Å². The maximum Gasteiger partial charge on any atom is 0.168 e. The van der Waals surface area contributed by atoms with Gasteiger partial charge < -0.3 is 14.6 Å². The van der Waals surface area contributed by atoms with E-state index < -0.39 is 0 Å². The van der Waals surface area contributed by atoms with Crippen LogP contribution in [-0.2, 0) is 0 Å². The van der Waals surface area contributed by atoms with Crippen LogP contribution in [0.5, 0.6) is 5.75 Å². The number of methoxy groups -OCH3 is 1. The van der Waals surface area contributed by atoms with Gasteiger partial charge in [-0.2, -0.15) is 10.4 Å². The summed E-state index contributed by atoms with van der Waals surface area (Å²) in [6.07, 6.45) is 5.40. The van der Waals surface area contributed by atoms with E-state index in [2.05, 4.69) is 26.0 Å². The van der Waals surface area contributed by atoms with Crippen LogP contribution in [0.2, 0.25) is 0 Å². The predicted molar refractivity (Wildman–Crippen MR) is 125 cm³/mol. The number of hydrogen-bond acceptors (Lipinski definition) is 6. The third-order valence-corrected chi connectivity index (χ3v) is 6.34. The number of aromatic nitrogens is 5. The minimum atomic E-state index is -0.194. The summed E-state index contributed by atoms with van der Waals surface area (Å²) < 4.78 is 21.5. The molecular formula is C25H20FN7O. The van der Waals surface area contributed by atoms with Crippen LogP contribution in [0.15, 0.2) is 54.9 Å². The second-order valence-corrected chi connectivity index (χ2v) is 8.25. The molecule has 1 saturated heterocycles. The number of nitriles is 1. The minimum Gasteiger partial charge on any atom is -0.495 e. The van der Waals surface area contributed by atoms with E-state index in [0.717, 1.165) is 36.3 Å². The summed E-state index contributed by atoms with van der Waals surface area (Å²) in [6.45, 7) is 0.799. The van der Waals surface area contributed by atoms with E-state index in [1.54, 1.807) is 28.9 Å². The molecule has 0 spiro atoms. The fourth-order valence-electron chi connectivity index (χ4n) is 4.72. The zero-order valence-corrected chi connectivity index (χ0v) is 18.4. The van der Waals surface area contributed by atoms with Gasteiger partial charge in [-0.25, -0.2) is 18.9 Å². The Balaban J connectivity index is 1.43. The van der Waals surface area contributed by atoms with E-state index >= 15 is 0 Å². The number of fused-ring (bicyclic) bond motifs is 2. The number of nitrogens with zero attached hydrogens (tertiary/aromatic N) is 6. The molecular weight excluding hydrogens is 433 g/mol. The van der Waals surface area contributed by atoms with Crippen molar-refractivity contribution in [1.82, 2.24) is 24.6 Å². The van der Waals surface area contributed by atoms with E-state index in [0.29, 0.717) is 33.9 Å². The molecule has 3 aromatic heterocycles. The first-order valence-corrected chi connectivity index (χ1v) is 11.0. The maximum absolute atomic E-state index is 14.5. The quantitative estimate of drug-likeness (QED) is 0.426. The number of halogens is 1. The number of ether oxygens (including phenoxy) is 1. The van der Waals surface area contributed by atoms with Crippen molar-refractivity contribution >= 4 is 22.5 Å². The molecule has 8 nitrogen and oxygen atoms in total. The van der Waals surface area contributed by atoms with Gasteiger partial charge in [0.25, 0.3) is 0 Å². The highest BCUT2D eigenvalue weighted by atomic mass is 19.1. The number of H-pyrrole nitrogens is 1. The molecule has 0 radical (unpaired) electrons. The maximum atomic E-state index is 14.5. The van der Waals surface area contributed by atoms with Gasteiger partial charge >= 0.3 is 0 Å². The summed E-state index contributed by atoms with van der Waals surface area (Å²) in [5.74, 6) is 1.65. The summed E-state index contributed by atoms with van der Waals surface area (Å²) in [4.78, 5) is 15.0. The van der Waals surface area contributed by atoms with Crippen molar-refractivity contribution in [2.75, 3.05) is 18.6 Å². The molecule has 168 valence electrons. The van der Waals surface area contributed by atoms with Crippen molar-refractivity contribution in [3.05, 3.63) is 71.8 Å². The standard InChI is InChI=1S/C25H20FN7O/c1-34-22-12-20-19(11-15(22)13-27)29-24(30-20)17-14-28-33-10-8-23(31-25(17)33)32-9-4-7-21(32)16-5-2-3-6-18(16)26/h2-3,5-6,8,10-12,14,21H,4,7,9H2,1H3,(H,29,30)/t21-/m1/s1. The second-order valence-electron chi connectivity index (χ2n) is 8.25. The third kappa shape index (κ3) is 3.15. The van der Waals surface area contributed by atoms with Crippen molar-refractivity contribution in [3.63, 3.8) is 0 Å². The number of nitrogens with one attached hydrogen (secondary N) is 1. The number of hydrogen-bond donors (Lipinski definition) is 1. The molecule has 0 amide bonds. The van der Waals surface area contributed by atoms with Crippen molar-refractivity contribution in [3.8, 4) is 23.2 Å². The Labute approximate surface area is 194 Å². The van der Waals surface area contributed by atoms with Gasteiger partial charge in [-0.15, -0.1) is 0 Å². The van der Waals surface area contributed by atoms with Gasteiger partial charge in [0.1, 0.15) is 29.3 Å². The SMILES string of the molecule is COc1cc2[nH]c(-c3cnn4ccc(N5CCC[C@@H]5c5ccccc5F)nc34)nc2cc1C#N. The molecule has 1 fully saturated rings. The third-order valence-electron chi connectivity index (χ3n) is 6.34. The van der Waals surface area contributed by atoms with E-state index in [4.69, 9.17) is 9.72 Å². The molecule has 2 aromatic carbocycles. The van der Waals surface area contributed by atoms with Crippen LogP contribution in [0.4, 0.5) is 10.2 Å². The first-order chi connectivity index (χ1) is 16.7. The van der Waals surface area contributed by atoms with E-state index in [-0.39, 0.29) is 11.9 Å². The number of aromatic amines is 1. The Morgan fingerprint density at radius 3 is 2.91 bits per heavy atom. The minimum absolute atomic E-state index is 0.0643. The normalized spacial score (nSPS) is 15.8. The Kier molecular flexibility index (Phi) is 4.66. The molecule has 1 aliphatic rings. The largest absolute Gasteiger partial charge is 0.495 e. The highest BCUT2D eigenvalue weighted by Crippen LogP contribution is 2.37. The number of imidazole rings is 1. The highest BCUT2D eigenvalue weighted by molar-refractivity contribution is 5.85. The summed E-state index contributed by atoms with van der Waals surface area (Å²) >= 11 is 0. The highest BCUT2D eigenvalue weighted by Gasteiger charge is 2.29. The lowest BCUT2D eigenvalue weighted by Crippen LogP contribution is -2.24. The van der Waals surface area contributed by atoms with E-state index in [1.165, 1.54) is 13.2 Å². The molecule has 5 aromatic rings. The smallest absolute Gasteiger partial charge is 0.168 e. The molecule has 34 heavy (non-hydrogen) atoms. The first-order valence-electron chi connectivity index (χ1n) is 11.0. The van der Waals surface area contributed by atoms with Gasteiger partial charge in [-0.3, -0.25) is 0 Å². The lowest BCUT2D eigenvalue weighted by Gasteiger charge is -2.26. The molecule has 0 bridgehead atoms. The van der Waals surface area contributed by atoms with Crippen molar-refractivity contribution in [2.24, 2.45) is 0 Å². The van der Waals surface area contributed by atoms with Crippen LogP contribution in [0, 0.1) is 17.1 Å². The van der Waals surface area contributed by atoms with Crippen molar-refractivity contribution in [2.45, 2.75) is 18.9 Å². The number of anilines is 1. The molecule has 1 N–H and O–H groups in total. The van der Waals surface area contributed by atoms with Crippen LogP contribution in [0.3, 0.4) is 0 Å². The van der Waals surface area contributed by atoms with Crippen molar-refractivity contribution in [1.29, 1.82) is 5.26 Å². The molecule has 4 heterocycles. The Morgan fingerprint density at radius 1 is 1.21 bits per heavy atom. The lowest BCUT2D eigenvalue weighted by atomic mass is 10.0. The van der Waals surface area contributed by atoms with Crippen LogP contribution in [0.25, 0.3) is 28.1 Å².